The Kier molecular flexibility index (Phi) is 6.38. The maximum atomic E-state index is 12.4. The van der Waals surface area contributed by atoms with Gasteiger partial charge in [-0.1, -0.05) is 42.3 Å². The maximum Gasteiger partial charge on any atom is 0.267 e. The lowest BCUT2D eigenvalue weighted by Gasteiger charge is -2.23. The molecule has 29 heavy (non-hydrogen) atoms. The number of hydrogen-bond donors (Lipinski definition) is 2. The molecule has 0 aromatic heterocycles. The van der Waals surface area contributed by atoms with Crippen molar-refractivity contribution in [2.45, 2.75) is 19.4 Å². The number of carbonyl (C=O) groups is 3. The van der Waals surface area contributed by atoms with Crippen LogP contribution in [-0.2, 0) is 20.9 Å². The van der Waals surface area contributed by atoms with Gasteiger partial charge in [-0.05, 0) is 23.8 Å². The third-order valence-corrected chi connectivity index (χ3v) is 4.26. The molecule has 3 amide bonds. The average Bonchev–Trinajstić information content (AvgIpc) is 2.74. The van der Waals surface area contributed by atoms with Crippen molar-refractivity contribution in [2.75, 3.05) is 11.9 Å². The summed E-state index contributed by atoms with van der Waals surface area (Å²) in [7, 11) is 0. The van der Waals surface area contributed by atoms with Gasteiger partial charge < -0.3 is 10.6 Å². The van der Waals surface area contributed by atoms with Crippen LogP contribution in [0.25, 0.3) is 0 Å². The minimum absolute atomic E-state index is 0.142. The number of terminal acetylenes is 1. The van der Waals surface area contributed by atoms with E-state index in [4.69, 9.17) is 6.42 Å². The molecule has 2 aromatic rings. The lowest BCUT2D eigenvalue weighted by atomic mass is 10.1. The quantitative estimate of drug-likeness (QED) is 0.741. The van der Waals surface area contributed by atoms with Gasteiger partial charge in [-0.15, -0.1) is 6.42 Å². The van der Waals surface area contributed by atoms with E-state index in [-0.39, 0.29) is 36.9 Å². The second-order valence-corrected chi connectivity index (χ2v) is 6.44. The third-order valence-electron chi connectivity index (χ3n) is 4.26. The molecule has 0 aliphatic carbocycles. The van der Waals surface area contributed by atoms with Crippen LogP contribution in [0.1, 0.15) is 24.0 Å². The molecular formula is C22H20N4O3. The number of anilines is 1. The van der Waals surface area contributed by atoms with Crippen molar-refractivity contribution in [3.63, 3.8) is 0 Å². The predicted molar refractivity (Wildman–Crippen MR) is 110 cm³/mol. The van der Waals surface area contributed by atoms with E-state index in [1.165, 1.54) is 5.01 Å². The first-order valence-electron chi connectivity index (χ1n) is 9.11. The van der Waals surface area contributed by atoms with Gasteiger partial charge in [-0.25, -0.2) is 5.01 Å². The zero-order chi connectivity index (χ0) is 20.6. The van der Waals surface area contributed by atoms with E-state index in [9.17, 15) is 14.4 Å². The van der Waals surface area contributed by atoms with Crippen LogP contribution in [0.5, 0.6) is 0 Å². The number of rotatable bonds is 6. The molecule has 3 rings (SSSR count). The topological polar surface area (TPSA) is 90.9 Å². The molecule has 1 heterocycles. The first kappa shape index (κ1) is 19.8. The zero-order valence-electron chi connectivity index (χ0n) is 15.7. The monoisotopic (exact) mass is 388 g/mol. The van der Waals surface area contributed by atoms with E-state index in [1.54, 1.807) is 24.3 Å². The van der Waals surface area contributed by atoms with Gasteiger partial charge in [0.25, 0.3) is 5.91 Å². The van der Waals surface area contributed by atoms with Crippen LogP contribution in [0, 0.1) is 12.3 Å². The van der Waals surface area contributed by atoms with Gasteiger partial charge >= 0.3 is 0 Å². The first-order chi connectivity index (χ1) is 14.0. The van der Waals surface area contributed by atoms with Crippen molar-refractivity contribution in [2.24, 2.45) is 5.10 Å². The van der Waals surface area contributed by atoms with Crippen molar-refractivity contribution in [1.29, 1.82) is 0 Å². The lowest BCUT2D eigenvalue weighted by molar-refractivity contribution is -0.132. The summed E-state index contributed by atoms with van der Waals surface area (Å²) in [6.45, 7) is 0.0766. The number of carbonyl (C=O) groups excluding carboxylic acids is 3. The fourth-order valence-electron chi connectivity index (χ4n) is 2.80. The zero-order valence-corrected chi connectivity index (χ0v) is 15.7. The number of amides is 3. The summed E-state index contributed by atoms with van der Waals surface area (Å²) >= 11 is 0. The Morgan fingerprint density at radius 1 is 1.10 bits per heavy atom. The number of nitrogens with zero attached hydrogens (tertiary/aromatic N) is 2. The van der Waals surface area contributed by atoms with E-state index in [0.717, 1.165) is 5.56 Å². The Morgan fingerprint density at radius 2 is 1.90 bits per heavy atom. The molecule has 0 spiro atoms. The van der Waals surface area contributed by atoms with Crippen LogP contribution in [0.15, 0.2) is 59.7 Å². The highest BCUT2D eigenvalue weighted by Gasteiger charge is 2.24. The highest BCUT2D eigenvalue weighted by molar-refractivity contribution is 6.39. The molecule has 7 nitrogen and oxygen atoms in total. The van der Waals surface area contributed by atoms with E-state index >= 15 is 0 Å². The lowest BCUT2D eigenvalue weighted by Crippen LogP contribution is -2.41. The molecular weight excluding hydrogens is 368 g/mol. The van der Waals surface area contributed by atoms with Crippen molar-refractivity contribution in [3.05, 3.63) is 65.7 Å². The first-order valence-corrected chi connectivity index (χ1v) is 9.11. The minimum atomic E-state index is -0.469. The summed E-state index contributed by atoms with van der Waals surface area (Å²) in [5, 5.41) is 10.7. The number of hydrogen-bond acceptors (Lipinski definition) is 4. The molecule has 2 aromatic carbocycles. The highest BCUT2D eigenvalue weighted by Crippen LogP contribution is 2.14. The second-order valence-electron chi connectivity index (χ2n) is 6.44. The molecule has 0 unspecified atom stereocenters. The molecule has 1 aliphatic rings. The Morgan fingerprint density at radius 3 is 2.66 bits per heavy atom. The molecule has 0 saturated carbocycles. The minimum Gasteiger partial charge on any atom is -0.342 e. The van der Waals surface area contributed by atoms with E-state index in [2.05, 4.69) is 21.7 Å². The third kappa shape index (κ3) is 5.53. The Labute approximate surface area is 168 Å². The molecule has 0 atom stereocenters. The second kappa shape index (κ2) is 9.33. The molecule has 146 valence electrons. The number of hydrazone groups is 1. The molecule has 0 saturated heterocycles. The Balaban J connectivity index is 1.56. The van der Waals surface area contributed by atoms with Crippen molar-refractivity contribution in [3.8, 4) is 12.3 Å². The molecule has 0 radical (unpaired) electrons. The average molecular weight is 388 g/mol. The number of nitrogens with one attached hydrogen (secondary N) is 2. The van der Waals surface area contributed by atoms with Crippen LogP contribution in [0.2, 0.25) is 0 Å². The summed E-state index contributed by atoms with van der Waals surface area (Å²) in [4.78, 5) is 36.5. The van der Waals surface area contributed by atoms with Gasteiger partial charge in [0.15, 0.2) is 0 Å². The van der Waals surface area contributed by atoms with Gasteiger partial charge in [0, 0.05) is 24.1 Å². The smallest absolute Gasteiger partial charge is 0.267 e. The molecule has 1 aliphatic heterocycles. The van der Waals surface area contributed by atoms with Crippen LogP contribution in [0.4, 0.5) is 5.69 Å². The van der Waals surface area contributed by atoms with Gasteiger partial charge in [0.2, 0.25) is 11.8 Å². The number of benzene rings is 2. The van der Waals surface area contributed by atoms with Crippen molar-refractivity contribution >= 4 is 29.1 Å². The molecule has 0 bridgehead atoms. The Hall–Kier alpha value is -3.92. The summed E-state index contributed by atoms with van der Waals surface area (Å²) in [6.07, 6.45) is 5.78. The fourth-order valence-corrected chi connectivity index (χ4v) is 2.80. The van der Waals surface area contributed by atoms with Gasteiger partial charge in [-0.2, -0.15) is 5.10 Å². The van der Waals surface area contributed by atoms with E-state index in [0.29, 0.717) is 17.8 Å². The molecule has 7 heteroatoms. The maximum absolute atomic E-state index is 12.4. The standard InChI is InChI=1S/C22H20N4O3/c1-2-16-9-6-10-18(13-16)24-20(27)14-23-22(29)19-11-12-21(28)26(25-19)15-17-7-4-3-5-8-17/h1,3-10,13H,11-12,14-15H2,(H,23,29)(H,24,27). The van der Waals surface area contributed by atoms with E-state index < -0.39 is 5.91 Å². The summed E-state index contributed by atoms with van der Waals surface area (Å²) in [5.74, 6) is 1.49. The van der Waals surface area contributed by atoms with Gasteiger partial charge in [0.05, 0.1) is 13.1 Å². The van der Waals surface area contributed by atoms with E-state index in [1.807, 2.05) is 30.3 Å². The van der Waals surface area contributed by atoms with Crippen LogP contribution in [-0.4, -0.2) is 35.0 Å². The Bertz CT molecular complexity index is 993. The van der Waals surface area contributed by atoms with Crippen LogP contribution < -0.4 is 10.6 Å². The molecule has 0 fully saturated rings. The predicted octanol–water partition coefficient (Wildman–Crippen LogP) is 1.90. The fraction of sp³-hybridized carbons (Fsp3) is 0.182. The van der Waals surface area contributed by atoms with Crippen molar-refractivity contribution < 1.29 is 14.4 Å². The largest absolute Gasteiger partial charge is 0.342 e. The van der Waals surface area contributed by atoms with Crippen LogP contribution >= 0.6 is 0 Å². The normalized spacial score (nSPS) is 13.3. The summed E-state index contributed by atoms with van der Waals surface area (Å²) in [5.41, 5.74) is 2.34. The van der Waals surface area contributed by atoms with Crippen molar-refractivity contribution in [1.82, 2.24) is 10.3 Å². The molecule has 2 N–H and O–H groups in total. The van der Waals surface area contributed by atoms with Crippen LogP contribution in [0.3, 0.4) is 0 Å². The SMILES string of the molecule is C#Cc1cccc(NC(=O)CNC(=O)C2=NN(Cc3ccccc3)C(=O)CC2)c1. The summed E-state index contributed by atoms with van der Waals surface area (Å²) in [6, 6.07) is 16.3. The van der Waals surface area contributed by atoms with Gasteiger partial charge in [-0.3, -0.25) is 14.4 Å². The highest BCUT2D eigenvalue weighted by atomic mass is 16.2. The summed E-state index contributed by atoms with van der Waals surface area (Å²) < 4.78 is 0. The van der Waals surface area contributed by atoms with Gasteiger partial charge in [0.1, 0.15) is 5.71 Å².